The lowest BCUT2D eigenvalue weighted by Crippen LogP contribution is -2.12. The van der Waals surface area contributed by atoms with Gasteiger partial charge in [0.15, 0.2) is 0 Å². The van der Waals surface area contributed by atoms with Crippen LogP contribution < -0.4 is 0 Å². The van der Waals surface area contributed by atoms with E-state index in [1.165, 1.54) is 17.5 Å². The molecule has 1 aromatic carbocycles. The molecule has 0 aromatic heterocycles. The summed E-state index contributed by atoms with van der Waals surface area (Å²) in [4.78, 5) is 0. The van der Waals surface area contributed by atoms with E-state index in [9.17, 15) is 8.78 Å². The van der Waals surface area contributed by atoms with E-state index in [1.807, 2.05) is 0 Å². The van der Waals surface area contributed by atoms with Crippen LogP contribution in [0.4, 0.5) is 8.78 Å². The topological polar surface area (TPSA) is 0 Å². The van der Waals surface area contributed by atoms with Gasteiger partial charge in [-0.05, 0) is 61.1 Å². The maximum absolute atomic E-state index is 12.1. The second-order valence-electron chi connectivity index (χ2n) is 5.82. The van der Waals surface area contributed by atoms with Gasteiger partial charge in [-0.25, -0.2) is 8.78 Å². The van der Waals surface area contributed by atoms with Crippen molar-refractivity contribution < 1.29 is 8.78 Å². The zero-order valence-corrected chi connectivity index (χ0v) is 12.2. The smallest absolute Gasteiger partial charge is 0.206 e. The number of aryl methyl sites for hydroxylation is 1. The monoisotopic (exact) mass is 278 g/mol. The minimum absolute atomic E-state index is 0.347. The molecule has 0 amide bonds. The van der Waals surface area contributed by atoms with Crippen molar-refractivity contribution in [3.05, 3.63) is 47.5 Å². The normalized spacial score (nSPS) is 23.6. The highest BCUT2D eigenvalue weighted by molar-refractivity contribution is 5.26. The van der Waals surface area contributed by atoms with Crippen molar-refractivity contribution in [2.75, 3.05) is 0 Å². The number of hydrogen-bond acceptors (Lipinski definition) is 0. The van der Waals surface area contributed by atoms with Crippen molar-refractivity contribution in [2.45, 2.75) is 57.8 Å². The zero-order valence-electron chi connectivity index (χ0n) is 12.2. The highest BCUT2D eigenvalue weighted by Gasteiger charge is 2.20. The summed E-state index contributed by atoms with van der Waals surface area (Å²) in [5.41, 5.74) is 2.82. The lowest BCUT2D eigenvalue weighted by atomic mass is 9.78. The van der Waals surface area contributed by atoms with Gasteiger partial charge in [-0.3, -0.25) is 0 Å². The molecule has 0 N–H and O–H groups in total. The molecule has 0 unspecified atom stereocenters. The highest BCUT2D eigenvalue weighted by Crippen LogP contribution is 2.36. The summed E-state index contributed by atoms with van der Waals surface area (Å²) in [6.07, 6.45) is 7.08. The fraction of sp³-hybridized carbons (Fsp3) is 0.556. The Morgan fingerprint density at radius 2 is 1.75 bits per heavy atom. The van der Waals surface area contributed by atoms with Crippen molar-refractivity contribution >= 4 is 0 Å². The maximum Gasteiger partial charge on any atom is 0.257 e. The van der Waals surface area contributed by atoms with Gasteiger partial charge in [0.1, 0.15) is 0 Å². The average Bonchev–Trinajstić information content (AvgIpc) is 2.47. The SMILES string of the molecule is CCCc1ccc([C@H]2CC[C@H](C=CC(F)F)CC2)cc1. The average molecular weight is 278 g/mol. The van der Waals surface area contributed by atoms with E-state index in [4.69, 9.17) is 0 Å². The first-order valence-corrected chi connectivity index (χ1v) is 7.74. The summed E-state index contributed by atoms with van der Waals surface area (Å²) in [6, 6.07) is 8.99. The van der Waals surface area contributed by atoms with Crippen LogP contribution in [0.15, 0.2) is 36.4 Å². The molecule has 1 fully saturated rings. The molecule has 110 valence electrons. The van der Waals surface area contributed by atoms with E-state index in [0.29, 0.717) is 11.8 Å². The lowest BCUT2D eigenvalue weighted by Gasteiger charge is -2.27. The van der Waals surface area contributed by atoms with E-state index >= 15 is 0 Å². The predicted octanol–water partition coefficient (Wildman–Crippen LogP) is 5.73. The van der Waals surface area contributed by atoms with Crippen LogP contribution in [-0.2, 0) is 6.42 Å². The molecule has 2 heteroatoms. The van der Waals surface area contributed by atoms with Gasteiger partial charge in [-0.2, -0.15) is 0 Å². The third kappa shape index (κ3) is 4.43. The first-order valence-electron chi connectivity index (χ1n) is 7.74. The second kappa shape index (κ2) is 7.56. The fourth-order valence-electron chi connectivity index (χ4n) is 3.13. The van der Waals surface area contributed by atoms with Crippen LogP contribution in [-0.4, -0.2) is 6.43 Å². The second-order valence-corrected chi connectivity index (χ2v) is 5.82. The van der Waals surface area contributed by atoms with Crippen LogP contribution in [0, 0.1) is 5.92 Å². The predicted molar refractivity (Wildman–Crippen MR) is 80.3 cm³/mol. The van der Waals surface area contributed by atoms with Gasteiger partial charge in [0.25, 0.3) is 6.43 Å². The Kier molecular flexibility index (Phi) is 5.75. The Labute approximate surface area is 120 Å². The Morgan fingerprint density at radius 3 is 2.30 bits per heavy atom. The van der Waals surface area contributed by atoms with E-state index < -0.39 is 6.43 Å². The Hall–Kier alpha value is -1.18. The lowest BCUT2D eigenvalue weighted by molar-refractivity contribution is 0.202. The molecule has 1 aliphatic rings. The van der Waals surface area contributed by atoms with Crippen molar-refractivity contribution in [1.29, 1.82) is 0 Å². The molecule has 0 spiro atoms. The van der Waals surface area contributed by atoms with E-state index in [1.54, 1.807) is 6.08 Å². The number of allylic oxidation sites excluding steroid dienone is 2. The molecule has 0 nitrogen and oxygen atoms in total. The molecule has 1 saturated carbocycles. The molecule has 0 heterocycles. The summed E-state index contributed by atoms with van der Waals surface area (Å²) < 4.78 is 24.3. The first kappa shape index (κ1) is 15.2. The van der Waals surface area contributed by atoms with E-state index in [-0.39, 0.29) is 0 Å². The van der Waals surface area contributed by atoms with Crippen LogP contribution in [0.1, 0.15) is 56.1 Å². The minimum atomic E-state index is -2.31. The maximum atomic E-state index is 12.1. The summed E-state index contributed by atoms with van der Waals surface area (Å²) in [5, 5.41) is 0. The summed E-state index contributed by atoms with van der Waals surface area (Å²) >= 11 is 0. The Balaban J connectivity index is 1.87. The molecule has 20 heavy (non-hydrogen) atoms. The quantitative estimate of drug-likeness (QED) is 0.603. The van der Waals surface area contributed by atoms with Crippen LogP contribution in [0.2, 0.25) is 0 Å². The van der Waals surface area contributed by atoms with Gasteiger partial charge >= 0.3 is 0 Å². The fourth-order valence-corrected chi connectivity index (χ4v) is 3.13. The first-order chi connectivity index (χ1) is 9.69. The number of rotatable bonds is 5. The molecule has 0 bridgehead atoms. The van der Waals surface area contributed by atoms with Gasteiger partial charge in [0.05, 0.1) is 0 Å². The largest absolute Gasteiger partial charge is 0.257 e. The Morgan fingerprint density at radius 1 is 1.10 bits per heavy atom. The van der Waals surface area contributed by atoms with Crippen molar-refractivity contribution in [3.63, 3.8) is 0 Å². The molecular weight excluding hydrogens is 254 g/mol. The highest BCUT2D eigenvalue weighted by atomic mass is 19.3. The van der Waals surface area contributed by atoms with Crippen LogP contribution in [0.25, 0.3) is 0 Å². The third-order valence-electron chi connectivity index (χ3n) is 4.29. The molecule has 0 atom stereocenters. The van der Waals surface area contributed by atoms with Gasteiger partial charge in [0, 0.05) is 0 Å². The number of hydrogen-bond donors (Lipinski definition) is 0. The summed E-state index contributed by atoms with van der Waals surface area (Å²) in [6.45, 7) is 2.20. The summed E-state index contributed by atoms with van der Waals surface area (Å²) in [5.74, 6) is 0.960. The zero-order chi connectivity index (χ0) is 14.4. The van der Waals surface area contributed by atoms with Gasteiger partial charge in [-0.15, -0.1) is 0 Å². The molecule has 0 aliphatic heterocycles. The molecule has 2 rings (SSSR count). The van der Waals surface area contributed by atoms with Gasteiger partial charge in [0.2, 0.25) is 0 Å². The minimum Gasteiger partial charge on any atom is -0.206 e. The van der Waals surface area contributed by atoms with Crippen LogP contribution >= 0.6 is 0 Å². The van der Waals surface area contributed by atoms with Gasteiger partial charge in [-0.1, -0.05) is 43.7 Å². The molecule has 1 aromatic rings. The van der Waals surface area contributed by atoms with E-state index in [0.717, 1.165) is 38.2 Å². The molecule has 1 aliphatic carbocycles. The molecule has 0 saturated heterocycles. The van der Waals surface area contributed by atoms with E-state index in [2.05, 4.69) is 31.2 Å². The van der Waals surface area contributed by atoms with Gasteiger partial charge < -0.3 is 0 Å². The van der Waals surface area contributed by atoms with Crippen molar-refractivity contribution in [3.8, 4) is 0 Å². The number of alkyl halides is 2. The number of benzene rings is 1. The number of halogens is 2. The standard InChI is InChI=1S/C18H24F2/c1-2-3-14-4-9-16(10-5-14)17-11-6-15(7-12-17)8-13-18(19)20/h4-5,8-10,13,15,17-18H,2-3,6-7,11-12H2,1H3/t15-,17-. The Bertz CT molecular complexity index is 412. The molecular formula is C18H24F2. The third-order valence-corrected chi connectivity index (χ3v) is 4.29. The van der Waals surface area contributed by atoms with Crippen LogP contribution in [0.3, 0.4) is 0 Å². The van der Waals surface area contributed by atoms with Crippen molar-refractivity contribution in [2.24, 2.45) is 5.92 Å². The summed E-state index contributed by atoms with van der Waals surface area (Å²) in [7, 11) is 0. The van der Waals surface area contributed by atoms with Crippen molar-refractivity contribution in [1.82, 2.24) is 0 Å². The van der Waals surface area contributed by atoms with Crippen LogP contribution in [0.5, 0.6) is 0 Å². The molecule has 0 radical (unpaired) electrons.